The van der Waals surface area contributed by atoms with E-state index in [4.69, 9.17) is 4.74 Å². The fourth-order valence-corrected chi connectivity index (χ4v) is 6.17. The van der Waals surface area contributed by atoms with Gasteiger partial charge in [0.1, 0.15) is 0 Å². The minimum absolute atomic E-state index is 0.0544. The smallest absolute Gasteiger partial charge is 0.269 e. The summed E-state index contributed by atoms with van der Waals surface area (Å²) in [7, 11) is -3.20. The number of nitro groups is 1. The summed E-state index contributed by atoms with van der Waals surface area (Å²) in [6, 6.07) is 6.36. The highest BCUT2D eigenvalue weighted by Crippen LogP contribution is 2.46. The third-order valence-corrected chi connectivity index (χ3v) is 7.40. The van der Waals surface area contributed by atoms with E-state index in [0.29, 0.717) is 25.2 Å². The van der Waals surface area contributed by atoms with Gasteiger partial charge < -0.3 is 14.9 Å². The Kier molecular flexibility index (Phi) is 6.46. The zero-order valence-electron chi connectivity index (χ0n) is 14.9. The third-order valence-electron chi connectivity index (χ3n) is 5.33. The van der Waals surface area contributed by atoms with Crippen molar-refractivity contribution in [1.29, 1.82) is 0 Å². The molecule has 2 aliphatic rings. The Labute approximate surface area is 153 Å². The molecule has 144 valence electrons. The molecule has 2 N–H and O–H groups in total. The lowest BCUT2D eigenvalue weighted by Gasteiger charge is -2.32. The molecule has 1 saturated carbocycles. The first-order chi connectivity index (χ1) is 12.4. The van der Waals surface area contributed by atoms with E-state index in [-0.39, 0.29) is 24.0 Å². The van der Waals surface area contributed by atoms with E-state index >= 15 is 0 Å². The highest BCUT2D eigenvalue weighted by atomic mass is 31.2. The van der Waals surface area contributed by atoms with Gasteiger partial charge in [-0.05, 0) is 24.3 Å². The van der Waals surface area contributed by atoms with Crippen molar-refractivity contribution in [3.63, 3.8) is 0 Å². The summed E-state index contributed by atoms with van der Waals surface area (Å²) in [5.74, 6) is 0.369. The van der Waals surface area contributed by atoms with Crippen LogP contribution in [-0.2, 0) is 9.30 Å². The molecule has 0 amide bonds. The Hall–Kier alpha value is -1.27. The second-order valence-corrected chi connectivity index (χ2v) is 9.91. The lowest BCUT2D eigenvalue weighted by atomic mass is 9.91. The summed E-state index contributed by atoms with van der Waals surface area (Å²) < 4.78 is 18.4. The van der Waals surface area contributed by atoms with Gasteiger partial charge in [-0.3, -0.25) is 14.7 Å². The van der Waals surface area contributed by atoms with Crippen LogP contribution in [-0.4, -0.2) is 41.4 Å². The Bertz CT molecular complexity index is 669. The van der Waals surface area contributed by atoms with Gasteiger partial charge in [0.25, 0.3) is 5.69 Å². The molecule has 0 spiro atoms. The predicted molar refractivity (Wildman–Crippen MR) is 99.7 cm³/mol. The van der Waals surface area contributed by atoms with E-state index in [1.165, 1.54) is 12.5 Å². The van der Waals surface area contributed by atoms with Crippen LogP contribution in [0, 0.1) is 16.0 Å². The number of nitrogens with one attached hydrogen (secondary N) is 1. The van der Waals surface area contributed by atoms with Crippen molar-refractivity contribution in [2.24, 2.45) is 5.92 Å². The zero-order chi connectivity index (χ0) is 18.6. The molecule has 1 saturated heterocycles. The fourth-order valence-electron chi connectivity index (χ4n) is 3.98. The van der Waals surface area contributed by atoms with E-state index in [2.05, 4.69) is 5.32 Å². The van der Waals surface area contributed by atoms with Gasteiger partial charge in [0, 0.05) is 24.8 Å². The van der Waals surface area contributed by atoms with Crippen molar-refractivity contribution < 1.29 is 19.1 Å². The average molecular weight is 382 g/mol. The Morgan fingerprint density at radius 1 is 1.27 bits per heavy atom. The van der Waals surface area contributed by atoms with Crippen LogP contribution >= 0.6 is 7.37 Å². The molecule has 1 aliphatic heterocycles. The minimum Gasteiger partial charge on any atom is -0.374 e. The monoisotopic (exact) mass is 382 g/mol. The first kappa shape index (κ1) is 19.5. The normalized spacial score (nSPS) is 27.0. The van der Waals surface area contributed by atoms with Crippen molar-refractivity contribution in [3.8, 4) is 0 Å². The summed E-state index contributed by atoms with van der Waals surface area (Å²) in [5.41, 5.74) is 0.853. The number of non-ortho nitro benzene ring substituents is 1. The number of nitro benzene ring substituents is 1. The number of hydrogen-bond acceptors (Lipinski definition) is 5. The molecule has 7 nitrogen and oxygen atoms in total. The van der Waals surface area contributed by atoms with Gasteiger partial charge in [0.05, 0.1) is 29.8 Å². The number of benzene rings is 1. The average Bonchev–Trinajstić information content (AvgIpc) is 2.62. The van der Waals surface area contributed by atoms with Crippen molar-refractivity contribution in [3.05, 3.63) is 39.9 Å². The maximum absolute atomic E-state index is 12.6. The lowest BCUT2D eigenvalue weighted by molar-refractivity contribution is -0.384. The van der Waals surface area contributed by atoms with Gasteiger partial charge in [-0.25, -0.2) is 0 Å². The molecule has 1 unspecified atom stereocenters. The van der Waals surface area contributed by atoms with Crippen LogP contribution in [0.3, 0.4) is 0 Å². The molecule has 0 bridgehead atoms. The van der Waals surface area contributed by atoms with Crippen LogP contribution in [0.4, 0.5) is 5.69 Å². The molecule has 2 fully saturated rings. The van der Waals surface area contributed by atoms with Crippen molar-refractivity contribution in [2.75, 3.05) is 25.5 Å². The second kappa shape index (κ2) is 8.61. The maximum Gasteiger partial charge on any atom is 0.269 e. The number of hydrogen-bond donors (Lipinski definition) is 2. The minimum atomic E-state index is -3.20. The van der Waals surface area contributed by atoms with Crippen LogP contribution in [0.15, 0.2) is 24.3 Å². The molecule has 1 aromatic rings. The number of ether oxygens (including phenoxy) is 1. The molecule has 26 heavy (non-hydrogen) atoms. The summed E-state index contributed by atoms with van der Waals surface area (Å²) >= 11 is 0. The Morgan fingerprint density at radius 2 is 2.04 bits per heavy atom. The molecular formula is C18H27N2O5P. The Morgan fingerprint density at radius 3 is 2.69 bits per heavy atom. The maximum atomic E-state index is 12.6. The van der Waals surface area contributed by atoms with Crippen molar-refractivity contribution in [2.45, 2.75) is 44.2 Å². The SMILES string of the molecule is O=[N+]([O-])c1cccc([C@@H]2CO[C@@H](CP(=O)(O)CC3CCCCC3)CN2)c1. The quantitative estimate of drug-likeness (QED) is 0.444. The molecule has 0 radical (unpaired) electrons. The molecule has 3 atom stereocenters. The van der Waals surface area contributed by atoms with Gasteiger partial charge in [0.15, 0.2) is 0 Å². The van der Waals surface area contributed by atoms with Crippen LogP contribution in [0.5, 0.6) is 0 Å². The number of rotatable bonds is 6. The first-order valence-corrected chi connectivity index (χ1v) is 11.4. The van der Waals surface area contributed by atoms with Crippen LogP contribution in [0.1, 0.15) is 43.7 Å². The van der Waals surface area contributed by atoms with Crippen LogP contribution in [0.2, 0.25) is 0 Å². The van der Waals surface area contributed by atoms with Gasteiger partial charge in [-0.2, -0.15) is 0 Å². The molecule has 3 rings (SSSR count). The topological polar surface area (TPSA) is 102 Å². The van der Waals surface area contributed by atoms with E-state index in [0.717, 1.165) is 31.2 Å². The fraction of sp³-hybridized carbons (Fsp3) is 0.667. The van der Waals surface area contributed by atoms with Gasteiger partial charge in [-0.1, -0.05) is 31.4 Å². The van der Waals surface area contributed by atoms with Crippen molar-refractivity contribution >= 4 is 13.1 Å². The third kappa shape index (κ3) is 5.36. The van der Waals surface area contributed by atoms with Gasteiger partial charge in [-0.15, -0.1) is 0 Å². The molecular weight excluding hydrogens is 355 g/mol. The highest BCUT2D eigenvalue weighted by Gasteiger charge is 2.32. The van der Waals surface area contributed by atoms with Gasteiger partial charge in [0.2, 0.25) is 7.37 Å². The zero-order valence-corrected chi connectivity index (χ0v) is 15.8. The molecule has 8 heteroatoms. The molecule has 1 aliphatic carbocycles. The van der Waals surface area contributed by atoms with Crippen LogP contribution < -0.4 is 5.32 Å². The van der Waals surface area contributed by atoms with E-state index < -0.39 is 12.3 Å². The summed E-state index contributed by atoms with van der Waals surface area (Å²) in [6.45, 7) is 0.817. The molecule has 0 aromatic heterocycles. The van der Waals surface area contributed by atoms with E-state index in [1.807, 2.05) is 6.07 Å². The summed E-state index contributed by atoms with van der Waals surface area (Å²) in [5, 5.41) is 14.2. The summed E-state index contributed by atoms with van der Waals surface area (Å²) in [4.78, 5) is 20.9. The van der Waals surface area contributed by atoms with Gasteiger partial charge >= 0.3 is 0 Å². The summed E-state index contributed by atoms with van der Waals surface area (Å²) in [6.07, 6.45) is 5.98. The van der Waals surface area contributed by atoms with E-state index in [1.54, 1.807) is 12.1 Å². The van der Waals surface area contributed by atoms with Crippen molar-refractivity contribution in [1.82, 2.24) is 5.32 Å². The molecule has 1 aromatic carbocycles. The molecule has 1 heterocycles. The lowest BCUT2D eigenvalue weighted by Crippen LogP contribution is -2.43. The number of morpholine rings is 1. The largest absolute Gasteiger partial charge is 0.374 e. The highest BCUT2D eigenvalue weighted by molar-refractivity contribution is 7.58. The predicted octanol–water partition coefficient (Wildman–Crippen LogP) is 3.48. The number of nitrogens with zero attached hydrogens (tertiary/aromatic N) is 1. The first-order valence-electron chi connectivity index (χ1n) is 9.33. The second-order valence-electron chi connectivity index (χ2n) is 7.48. The van der Waals surface area contributed by atoms with Crippen LogP contribution in [0.25, 0.3) is 0 Å². The van der Waals surface area contributed by atoms with E-state index in [9.17, 15) is 19.6 Å². The Balaban J connectivity index is 1.51. The standard InChI is InChI=1S/C18H27N2O5P/c21-20(22)16-8-4-7-15(9-16)18-11-25-17(10-19-18)13-26(23,24)12-14-5-2-1-3-6-14/h4,7-9,14,17-19H,1-3,5-6,10-13H2,(H,23,24)/t17-,18+/m1/s1.